The molecule has 0 radical (unpaired) electrons. The zero-order valence-corrected chi connectivity index (χ0v) is 11.7. The lowest BCUT2D eigenvalue weighted by atomic mass is 10.1. The molecule has 0 saturated carbocycles. The quantitative estimate of drug-likeness (QED) is 0.945. The Morgan fingerprint density at radius 1 is 1.45 bits per heavy atom. The molecule has 1 unspecified atom stereocenters. The van der Waals surface area contributed by atoms with Crippen LogP contribution in [0, 0.1) is 5.92 Å². The monoisotopic (exact) mass is 290 g/mol. The average molecular weight is 291 g/mol. The number of fused-ring (bicyclic) bond motifs is 1. The number of carbonyl (C=O) groups excluding carboxylic acids is 1. The number of hydrogen-bond acceptors (Lipinski definition) is 3. The van der Waals surface area contributed by atoms with Gasteiger partial charge in [0.2, 0.25) is 0 Å². The predicted molar refractivity (Wildman–Crippen MR) is 78.0 cm³/mol. The molecule has 1 atom stereocenters. The van der Waals surface area contributed by atoms with Crippen LogP contribution in [-0.4, -0.2) is 30.6 Å². The van der Waals surface area contributed by atoms with Gasteiger partial charge in [-0.2, -0.15) is 0 Å². The van der Waals surface area contributed by atoms with Crippen molar-refractivity contribution in [3.05, 3.63) is 41.0 Å². The summed E-state index contributed by atoms with van der Waals surface area (Å²) in [6.45, 7) is 2.11. The van der Waals surface area contributed by atoms with Crippen molar-refractivity contribution in [2.75, 3.05) is 19.8 Å². The van der Waals surface area contributed by atoms with Gasteiger partial charge in [0.1, 0.15) is 5.69 Å². The van der Waals surface area contributed by atoms with E-state index in [9.17, 15) is 4.79 Å². The van der Waals surface area contributed by atoms with Crippen LogP contribution in [0.5, 0.6) is 0 Å². The molecule has 1 fully saturated rings. The maximum Gasteiger partial charge on any atom is 0.269 e. The third-order valence-corrected chi connectivity index (χ3v) is 3.79. The molecule has 2 heterocycles. The highest BCUT2D eigenvalue weighted by atomic mass is 35.5. The molecule has 1 amide bonds. The second-order valence-electron chi connectivity index (χ2n) is 4.95. The number of ether oxygens (including phenoxy) is 1. The fourth-order valence-electron chi connectivity index (χ4n) is 2.32. The number of pyridine rings is 1. The first-order valence-electron chi connectivity index (χ1n) is 6.65. The highest BCUT2D eigenvalue weighted by Crippen LogP contribution is 2.22. The van der Waals surface area contributed by atoms with Crippen LogP contribution in [0.1, 0.15) is 16.9 Å². The second kappa shape index (κ2) is 5.77. The highest BCUT2D eigenvalue weighted by Gasteiger charge is 2.17. The standard InChI is InChI=1S/C15H15ClN2O2/c16-12-7-14(18-13-4-2-1-3-11(12)13)15(19)17-8-10-5-6-20-9-10/h1-4,7,10H,5-6,8-9H2,(H,17,19). The van der Waals surface area contributed by atoms with Crippen LogP contribution >= 0.6 is 11.6 Å². The van der Waals surface area contributed by atoms with E-state index in [1.54, 1.807) is 6.07 Å². The second-order valence-corrected chi connectivity index (χ2v) is 5.35. The minimum Gasteiger partial charge on any atom is -0.381 e. The summed E-state index contributed by atoms with van der Waals surface area (Å²) in [5.41, 5.74) is 1.09. The molecule has 104 valence electrons. The molecule has 1 aliphatic rings. The third kappa shape index (κ3) is 2.76. The fraction of sp³-hybridized carbons (Fsp3) is 0.333. The van der Waals surface area contributed by atoms with Crippen LogP contribution in [0.25, 0.3) is 10.9 Å². The van der Waals surface area contributed by atoms with Gasteiger partial charge in [0.05, 0.1) is 17.1 Å². The first-order valence-corrected chi connectivity index (χ1v) is 7.03. The molecule has 0 aliphatic carbocycles. The molecule has 5 heteroatoms. The lowest BCUT2D eigenvalue weighted by molar-refractivity contribution is 0.0940. The fourth-order valence-corrected chi connectivity index (χ4v) is 2.58. The number of hydrogen-bond donors (Lipinski definition) is 1. The lowest BCUT2D eigenvalue weighted by Gasteiger charge is -2.10. The van der Waals surface area contributed by atoms with Gasteiger partial charge < -0.3 is 10.1 Å². The number of benzene rings is 1. The van der Waals surface area contributed by atoms with Crippen LogP contribution < -0.4 is 5.32 Å². The van der Waals surface area contributed by atoms with Gasteiger partial charge in [-0.05, 0) is 18.6 Å². The minimum absolute atomic E-state index is 0.190. The van der Waals surface area contributed by atoms with Crippen molar-refractivity contribution in [3.63, 3.8) is 0 Å². The van der Waals surface area contributed by atoms with Gasteiger partial charge >= 0.3 is 0 Å². The zero-order valence-electron chi connectivity index (χ0n) is 10.9. The topological polar surface area (TPSA) is 51.2 Å². The van der Waals surface area contributed by atoms with E-state index in [0.717, 1.165) is 23.9 Å². The van der Waals surface area contributed by atoms with Crippen LogP contribution in [0.2, 0.25) is 5.02 Å². The van der Waals surface area contributed by atoms with Crippen molar-refractivity contribution < 1.29 is 9.53 Å². The number of amides is 1. The molecule has 0 spiro atoms. The zero-order chi connectivity index (χ0) is 13.9. The molecule has 20 heavy (non-hydrogen) atoms. The Kier molecular flexibility index (Phi) is 3.85. The molecule has 2 aromatic rings. The summed E-state index contributed by atoms with van der Waals surface area (Å²) in [6.07, 6.45) is 0.992. The molecular weight excluding hydrogens is 276 g/mol. The highest BCUT2D eigenvalue weighted by molar-refractivity contribution is 6.35. The van der Waals surface area contributed by atoms with Gasteiger partial charge in [0.25, 0.3) is 5.91 Å². The number of carbonyl (C=O) groups is 1. The van der Waals surface area contributed by atoms with Gasteiger partial charge in [-0.3, -0.25) is 4.79 Å². The van der Waals surface area contributed by atoms with Gasteiger partial charge in [0, 0.05) is 24.5 Å². The van der Waals surface area contributed by atoms with Gasteiger partial charge in [-0.15, -0.1) is 0 Å². The van der Waals surface area contributed by atoms with E-state index in [2.05, 4.69) is 10.3 Å². The van der Waals surface area contributed by atoms with Gasteiger partial charge in [-0.1, -0.05) is 29.8 Å². The van der Waals surface area contributed by atoms with Crippen LogP contribution in [-0.2, 0) is 4.74 Å². The van der Waals surface area contributed by atoms with Crippen LogP contribution in [0.15, 0.2) is 30.3 Å². The Morgan fingerprint density at radius 2 is 2.30 bits per heavy atom. The van der Waals surface area contributed by atoms with Crippen molar-refractivity contribution in [2.24, 2.45) is 5.92 Å². The maximum atomic E-state index is 12.1. The van der Waals surface area contributed by atoms with Crippen LogP contribution in [0.4, 0.5) is 0 Å². The summed E-state index contributed by atoms with van der Waals surface area (Å²) >= 11 is 6.19. The van der Waals surface area contributed by atoms with Crippen molar-refractivity contribution in [2.45, 2.75) is 6.42 Å². The van der Waals surface area contributed by atoms with E-state index in [0.29, 0.717) is 29.8 Å². The van der Waals surface area contributed by atoms with E-state index in [4.69, 9.17) is 16.3 Å². The van der Waals surface area contributed by atoms with E-state index in [-0.39, 0.29) is 5.91 Å². The number of aromatic nitrogens is 1. The van der Waals surface area contributed by atoms with Crippen molar-refractivity contribution in [1.82, 2.24) is 10.3 Å². The Bertz CT molecular complexity index is 639. The molecule has 4 nitrogen and oxygen atoms in total. The largest absolute Gasteiger partial charge is 0.381 e. The predicted octanol–water partition coefficient (Wildman–Crippen LogP) is 2.65. The number of rotatable bonds is 3. The summed E-state index contributed by atoms with van der Waals surface area (Å²) in [6, 6.07) is 9.13. The van der Waals surface area contributed by atoms with Crippen molar-refractivity contribution in [3.8, 4) is 0 Å². The Hall–Kier alpha value is -1.65. The summed E-state index contributed by atoms with van der Waals surface area (Å²) in [7, 11) is 0. The van der Waals surface area contributed by atoms with E-state index < -0.39 is 0 Å². The minimum atomic E-state index is -0.190. The molecule has 1 saturated heterocycles. The van der Waals surface area contributed by atoms with E-state index in [1.165, 1.54) is 0 Å². The van der Waals surface area contributed by atoms with Crippen LogP contribution in [0.3, 0.4) is 0 Å². The molecule has 0 bridgehead atoms. The smallest absolute Gasteiger partial charge is 0.269 e. The van der Waals surface area contributed by atoms with E-state index in [1.807, 2.05) is 24.3 Å². The molecule has 3 rings (SSSR count). The first-order chi connectivity index (χ1) is 9.74. The Labute approximate surface area is 122 Å². The summed E-state index contributed by atoms with van der Waals surface area (Å²) < 4.78 is 5.28. The van der Waals surface area contributed by atoms with Gasteiger partial charge in [-0.25, -0.2) is 4.98 Å². The Balaban J connectivity index is 1.77. The molecule has 1 aliphatic heterocycles. The number of nitrogens with one attached hydrogen (secondary N) is 1. The number of nitrogens with zero attached hydrogens (tertiary/aromatic N) is 1. The normalized spacial score (nSPS) is 18.4. The average Bonchev–Trinajstić information content (AvgIpc) is 2.98. The molecule has 1 aromatic heterocycles. The first kappa shape index (κ1) is 13.3. The number of para-hydroxylation sites is 1. The maximum absolute atomic E-state index is 12.1. The summed E-state index contributed by atoms with van der Waals surface area (Å²) in [5, 5.41) is 4.30. The summed E-state index contributed by atoms with van der Waals surface area (Å²) in [4.78, 5) is 16.5. The SMILES string of the molecule is O=C(NCC1CCOC1)c1cc(Cl)c2ccccc2n1. The van der Waals surface area contributed by atoms with Crippen molar-refractivity contribution >= 4 is 28.4 Å². The van der Waals surface area contributed by atoms with Gasteiger partial charge in [0.15, 0.2) is 0 Å². The van der Waals surface area contributed by atoms with E-state index >= 15 is 0 Å². The molecule has 1 N–H and O–H groups in total. The van der Waals surface area contributed by atoms with Crippen molar-refractivity contribution in [1.29, 1.82) is 0 Å². The summed E-state index contributed by atoms with van der Waals surface area (Å²) in [5.74, 6) is 0.208. The molecule has 1 aromatic carbocycles. The lowest BCUT2D eigenvalue weighted by Crippen LogP contribution is -2.30. The Morgan fingerprint density at radius 3 is 3.10 bits per heavy atom. The third-order valence-electron chi connectivity index (χ3n) is 3.47. The number of halogens is 1. The molecular formula is C15H15ClN2O2.